The topological polar surface area (TPSA) is 65.2 Å². The molecule has 1 aromatic carbocycles. The predicted molar refractivity (Wildman–Crippen MR) is 82.2 cm³/mol. The lowest BCUT2D eigenvalue weighted by molar-refractivity contribution is 0.414. The minimum absolute atomic E-state index is 0.0655. The Balaban J connectivity index is 2.57. The molecule has 6 heteroatoms. The van der Waals surface area contributed by atoms with Crippen molar-refractivity contribution < 1.29 is 18.0 Å². The van der Waals surface area contributed by atoms with Crippen LogP contribution in [0, 0.1) is 0 Å². The third kappa shape index (κ3) is 3.59. The molecule has 0 unspecified atom stereocenters. The molecule has 20 heavy (non-hydrogen) atoms. The van der Waals surface area contributed by atoms with E-state index >= 15 is 0 Å². The second kappa shape index (κ2) is 5.95. The van der Waals surface area contributed by atoms with Gasteiger partial charge in [-0.2, -0.15) is 0 Å². The monoisotopic (exact) mass is 302 g/mol. The highest BCUT2D eigenvalue weighted by atomic mass is 32.2. The summed E-state index contributed by atoms with van der Waals surface area (Å²) in [6.45, 7) is -3.01. The van der Waals surface area contributed by atoms with Crippen LogP contribution in [0.15, 0.2) is 24.4 Å². The summed E-state index contributed by atoms with van der Waals surface area (Å²) < 4.78 is 79.4. The lowest BCUT2D eigenvalue weighted by Gasteiger charge is -2.08. The van der Waals surface area contributed by atoms with E-state index in [1.807, 2.05) is 0 Å². The Morgan fingerprint density at radius 3 is 2.95 bits per heavy atom. The van der Waals surface area contributed by atoms with Crippen molar-refractivity contribution in [3.8, 4) is 0 Å². The summed E-state index contributed by atoms with van der Waals surface area (Å²) in [6.07, 6.45) is -0.314. The second-order valence-electron chi connectivity index (χ2n) is 4.58. The van der Waals surface area contributed by atoms with E-state index in [2.05, 4.69) is 4.98 Å². The van der Waals surface area contributed by atoms with Gasteiger partial charge in [0.05, 0.1) is 5.70 Å². The van der Waals surface area contributed by atoms with Crippen molar-refractivity contribution in [3.63, 3.8) is 0 Å². The van der Waals surface area contributed by atoms with Gasteiger partial charge in [-0.15, -0.1) is 0 Å². The average Bonchev–Trinajstić information content (AvgIpc) is 2.86. The fourth-order valence-electron chi connectivity index (χ4n) is 1.75. The number of sulfonamides is 1. The number of aromatic nitrogens is 1. The first kappa shape index (κ1) is 8.17. The van der Waals surface area contributed by atoms with Crippen molar-refractivity contribution in [2.24, 2.45) is 0 Å². The van der Waals surface area contributed by atoms with E-state index in [4.69, 9.17) is 9.60 Å². The number of aromatic amines is 1. The molecule has 0 bridgehead atoms. The van der Waals surface area contributed by atoms with Crippen LogP contribution in [0.4, 0.5) is 0 Å². The molecule has 110 valence electrons. The molecule has 5 nitrogen and oxygen atoms in total. The van der Waals surface area contributed by atoms with Gasteiger partial charge in [0, 0.05) is 33.2 Å². The number of hydrogen-bond donors (Lipinski definition) is 2. The largest absolute Gasteiger partial charge is 0.361 e. The fraction of sp³-hybridized carbons (Fsp3) is 0.429. The molecule has 0 aliphatic carbocycles. The third-order valence-corrected chi connectivity index (χ3v) is 3.43. The van der Waals surface area contributed by atoms with Gasteiger partial charge in [-0.25, -0.2) is 13.1 Å². The minimum atomic E-state index is -4.88. The second-order valence-corrected chi connectivity index (χ2v) is 6.00. The molecule has 0 aliphatic heterocycles. The average molecular weight is 302 g/mol. The molecule has 0 radical (unpaired) electrons. The number of nitrogens with zero attached hydrogens (tertiary/aromatic N) is 1. The minimum Gasteiger partial charge on any atom is -0.361 e. The Morgan fingerprint density at radius 1 is 1.45 bits per heavy atom. The number of hydrogen-bond acceptors (Lipinski definition) is 3. The molecule has 0 saturated carbocycles. The van der Waals surface area contributed by atoms with Crippen molar-refractivity contribution in [2.75, 3.05) is 27.6 Å². The van der Waals surface area contributed by atoms with Gasteiger partial charge in [-0.05, 0) is 50.7 Å². The van der Waals surface area contributed by atoms with E-state index in [-0.39, 0.29) is 17.7 Å². The number of H-pyrrole nitrogens is 1. The molecule has 1 aromatic heterocycles. The third-order valence-electron chi connectivity index (χ3n) is 2.65. The SMILES string of the molecule is [2H]C([2H])([2H])NS(=O)(=O)C([2H])([2H])c1ccc2[nH]cc(C([2H])([2H])CN(C)C)c2c1. The fourth-order valence-corrected chi connectivity index (χ4v) is 2.24. The number of likely N-dealkylation sites (N-methyl/N-ethyl adjacent to an activating group) is 1. The molecule has 0 aliphatic rings. The standard InChI is InChI=1S/C14H21N3O2S/c1-15-20(18,19)10-11-4-5-14-13(8-11)12(9-16-14)6-7-17(2)3/h4-5,8-9,15-16H,6-7,10H2,1-3H3/i1D3,6D2,10D2. The van der Waals surface area contributed by atoms with E-state index in [0.29, 0.717) is 10.9 Å². The predicted octanol–water partition coefficient (Wildman–Crippen LogP) is 1.32. The number of benzene rings is 1. The first-order valence-electron chi connectivity index (χ1n) is 9.37. The summed E-state index contributed by atoms with van der Waals surface area (Å²) >= 11 is 0. The summed E-state index contributed by atoms with van der Waals surface area (Å²) in [7, 11) is -1.46. The summed E-state index contributed by atoms with van der Waals surface area (Å²) in [5.74, 6) is 0. The number of rotatable bonds is 6. The normalized spacial score (nSPS) is 19.6. The highest BCUT2D eigenvalue weighted by Crippen LogP contribution is 2.21. The Kier molecular flexibility index (Phi) is 2.43. The van der Waals surface area contributed by atoms with E-state index in [0.717, 1.165) is 0 Å². The van der Waals surface area contributed by atoms with E-state index in [9.17, 15) is 8.42 Å². The molecule has 0 saturated heterocycles. The van der Waals surface area contributed by atoms with Crippen LogP contribution in [0.5, 0.6) is 0 Å². The van der Waals surface area contributed by atoms with E-state index in [1.54, 1.807) is 19.0 Å². The number of nitrogens with one attached hydrogen (secondary N) is 2. The highest BCUT2D eigenvalue weighted by Gasteiger charge is 2.11. The van der Waals surface area contributed by atoms with Crippen molar-refractivity contribution >= 4 is 20.9 Å². The van der Waals surface area contributed by atoms with Gasteiger partial charge >= 0.3 is 0 Å². The summed E-state index contributed by atoms with van der Waals surface area (Å²) in [5, 5.41) is 0.326. The summed E-state index contributed by atoms with van der Waals surface area (Å²) in [5.41, 5.74) is -2.56. The van der Waals surface area contributed by atoms with Gasteiger partial charge in [-0.3, -0.25) is 0 Å². The van der Waals surface area contributed by atoms with E-state index in [1.165, 1.54) is 29.1 Å². The molecule has 1 heterocycles. The molecular formula is C14H21N3O2S. The maximum absolute atomic E-state index is 12.2. The van der Waals surface area contributed by atoms with Crippen LogP contribution in [-0.4, -0.2) is 45.9 Å². The molecule has 2 aromatic rings. The van der Waals surface area contributed by atoms with Crippen molar-refractivity contribution in [2.45, 2.75) is 12.1 Å². The smallest absolute Gasteiger partial charge is 0.215 e. The van der Waals surface area contributed by atoms with Crippen LogP contribution in [-0.2, 0) is 22.1 Å². The molecule has 2 N–H and O–H groups in total. The van der Waals surface area contributed by atoms with E-state index < -0.39 is 29.1 Å². The van der Waals surface area contributed by atoms with Crippen LogP contribution in [0.3, 0.4) is 0 Å². The highest BCUT2D eigenvalue weighted by molar-refractivity contribution is 7.88. The van der Waals surface area contributed by atoms with Crippen LogP contribution < -0.4 is 4.72 Å². The van der Waals surface area contributed by atoms with Crippen LogP contribution in [0.1, 0.15) is 20.7 Å². The number of fused-ring (bicyclic) bond motifs is 1. The van der Waals surface area contributed by atoms with Crippen molar-refractivity contribution in [3.05, 3.63) is 35.5 Å². The first-order chi connectivity index (χ1) is 12.1. The van der Waals surface area contributed by atoms with Crippen molar-refractivity contribution in [1.29, 1.82) is 0 Å². The Bertz CT molecular complexity index is 936. The molecule has 0 spiro atoms. The van der Waals surface area contributed by atoms with Crippen molar-refractivity contribution in [1.82, 2.24) is 14.6 Å². The molecule has 0 amide bonds. The summed E-state index contributed by atoms with van der Waals surface area (Å²) in [4.78, 5) is 4.55. The molecular weight excluding hydrogens is 274 g/mol. The zero-order valence-corrected chi connectivity index (χ0v) is 12.0. The first-order valence-corrected chi connectivity index (χ1v) is 7.35. The lowest BCUT2D eigenvalue weighted by atomic mass is 10.1. The molecule has 0 fully saturated rings. The maximum Gasteiger partial charge on any atom is 0.215 e. The van der Waals surface area contributed by atoms with Crippen LogP contribution in [0.25, 0.3) is 10.9 Å². The zero-order chi connectivity index (χ0) is 20.8. The quantitative estimate of drug-likeness (QED) is 0.846. The Labute approximate surface area is 129 Å². The van der Waals surface area contributed by atoms with Gasteiger partial charge in [0.2, 0.25) is 10.0 Å². The zero-order valence-electron chi connectivity index (χ0n) is 18.2. The van der Waals surface area contributed by atoms with Crippen LogP contribution in [0.2, 0.25) is 0 Å². The van der Waals surface area contributed by atoms with Crippen LogP contribution >= 0.6 is 0 Å². The maximum atomic E-state index is 12.2. The summed E-state index contributed by atoms with van der Waals surface area (Å²) in [6, 6.07) is 3.89. The van der Waals surface area contributed by atoms with Gasteiger partial charge in [0.25, 0.3) is 0 Å². The van der Waals surface area contributed by atoms with Gasteiger partial charge in [-0.1, -0.05) is 6.07 Å². The van der Waals surface area contributed by atoms with Gasteiger partial charge < -0.3 is 9.88 Å². The Hall–Kier alpha value is -1.37. The Morgan fingerprint density at radius 2 is 2.25 bits per heavy atom. The van der Waals surface area contributed by atoms with Gasteiger partial charge in [0.1, 0.15) is 0 Å². The lowest BCUT2D eigenvalue weighted by Crippen LogP contribution is -2.20. The van der Waals surface area contributed by atoms with Gasteiger partial charge in [0.15, 0.2) is 0 Å². The molecule has 2 rings (SSSR count). The molecule has 0 atom stereocenters.